The molecule has 0 aliphatic rings. The van der Waals surface area contributed by atoms with E-state index in [1.807, 2.05) is 0 Å². The highest BCUT2D eigenvalue weighted by atomic mass is 19.1. The SMILES string of the molecule is Fc1cc(F)c2cncn2c1. The zero-order valence-electron chi connectivity index (χ0n) is 5.46. The summed E-state index contributed by atoms with van der Waals surface area (Å²) in [5.74, 6) is -1.20. The molecular formula is C7H4F2N2. The van der Waals surface area contributed by atoms with Crippen LogP contribution in [0.4, 0.5) is 8.78 Å². The van der Waals surface area contributed by atoms with Crippen LogP contribution >= 0.6 is 0 Å². The summed E-state index contributed by atoms with van der Waals surface area (Å²) >= 11 is 0. The van der Waals surface area contributed by atoms with Crippen LogP contribution in [0.5, 0.6) is 0 Å². The Morgan fingerprint density at radius 1 is 1.36 bits per heavy atom. The molecule has 0 aliphatic carbocycles. The van der Waals surface area contributed by atoms with Crippen LogP contribution in [0.3, 0.4) is 0 Å². The highest BCUT2D eigenvalue weighted by Crippen LogP contribution is 2.09. The maximum Gasteiger partial charge on any atom is 0.151 e. The Morgan fingerprint density at radius 2 is 2.18 bits per heavy atom. The van der Waals surface area contributed by atoms with E-state index in [9.17, 15) is 8.78 Å². The lowest BCUT2D eigenvalue weighted by Crippen LogP contribution is -1.88. The van der Waals surface area contributed by atoms with Crippen LogP contribution in [-0.4, -0.2) is 9.38 Å². The molecule has 0 atom stereocenters. The van der Waals surface area contributed by atoms with E-state index in [1.165, 1.54) is 23.1 Å². The molecular weight excluding hydrogens is 150 g/mol. The van der Waals surface area contributed by atoms with Crippen molar-refractivity contribution in [3.63, 3.8) is 0 Å². The second kappa shape index (κ2) is 2.02. The van der Waals surface area contributed by atoms with Crippen molar-refractivity contribution in [1.82, 2.24) is 9.38 Å². The number of aromatic nitrogens is 2. The molecule has 0 aromatic carbocycles. The Morgan fingerprint density at radius 3 is 3.00 bits per heavy atom. The first-order valence-electron chi connectivity index (χ1n) is 3.04. The molecule has 0 spiro atoms. The average Bonchev–Trinajstić information content (AvgIpc) is 2.34. The van der Waals surface area contributed by atoms with Gasteiger partial charge < -0.3 is 4.40 Å². The molecule has 0 saturated carbocycles. The molecule has 2 aromatic rings. The summed E-state index contributed by atoms with van der Waals surface area (Å²) in [5.41, 5.74) is 0.284. The van der Waals surface area contributed by atoms with Crippen LogP contribution in [0.25, 0.3) is 5.52 Å². The van der Waals surface area contributed by atoms with Gasteiger partial charge in [0.2, 0.25) is 0 Å². The molecule has 0 amide bonds. The van der Waals surface area contributed by atoms with Crippen LogP contribution in [0.15, 0.2) is 24.8 Å². The topological polar surface area (TPSA) is 17.3 Å². The van der Waals surface area contributed by atoms with Gasteiger partial charge in [0.1, 0.15) is 11.3 Å². The highest BCUT2D eigenvalue weighted by molar-refractivity contribution is 5.45. The molecule has 4 heteroatoms. The molecule has 2 aromatic heterocycles. The number of fused-ring (bicyclic) bond motifs is 1. The number of pyridine rings is 1. The molecule has 0 unspecified atom stereocenters. The van der Waals surface area contributed by atoms with E-state index >= 15 is 0 Å². The van der Waals surface area contributed by atoms with E-state index in [4.69, 9.17) is 0 Å². The molecule has 2 rings (SSSR count). The first-order valence-corrected chi connectivity index (χ1v) is 3.04. The van der Waals surface area contributed by atoms with E-state index in [0.29, 0.717) is 0 Å². The van der Waals surface area contributed by atoms with Crippen LogP contribution in [-0.2, 0) is 0 Å². The fourth-order valence-electron chi connectivity index (χ4n) is 0.958. The van der Waals surface area contributed by atoms with Crippen molar-refractivity contribution in [2.24, 2.45) is 0 Å². The number of hydrogen-bond donors (Lipinski definition) is 0. The summed E-state index contributed by atoms with van der Waals surface area (Å²) in [6.07, 6.45) is 3.86. The van der Waals surface area contributed by atoms with Gasteiger partial charge in [-0.25, -0.2) is 13.8 Å². The Hall–Kier alpha value is -1.45. The third-order valence-electron chi connectivity index (χ3n) is 1.44. The average molecular weight is 154 g/mol. The molecule has 0 radical (unpaired) electrons. The predicted molar refractivity (Wildman–Crippen MR) is 35.1 cm³/mol. The van der Waals surface area contributed by atoms with E-state index in [-0.39, 0.29) is 5.52 Å². The van der Waals surface area contributed by atoms with Gasteiger partial charge in [-0.3, -0.25) is 0 Å². The van der Waals surface area contributed by atoms with Crippen molar-refractivity contribution in [2.75, 3.05) is 0 Å². The van der Waals surface area contributed by atoms with Gasteiger partial charge in [0.05, 0.1) is 12.5 Å². The normalized spacial score (nSPS) is 10.7. The quantitative estimate of drug-likeness (QED) is 0.563. The fraction of sp³-hybridized carbons (Fsp3) is 0. The number of rotatable bonds is 0. The smallest absolute Gasteiger partial charge is 0.151 e. The number of imidazole rings is 1. The van der Waals surface area contributed by atoms with Gasteiger partial charge >= 0.3 is 0 Å². The minimum absolute atomic E-state index is 0.284. The lowest BCUT2D eigenvalue weighted by atomic mass is 10.4. The highest BCUT2D eigenvalue weighted by Gasteiger charge is 2.02. The third kappa shape index (κ3) is 0.869. The van der Waals surface area contributed by atoms with Crippen molar-refractivity contribution in [3.05, 3.63) is 36.4 Å². The third-order valence-corrected chi connectivity index (χ3v) is 1.44. The molecule has 0 saturated heterocycles. The Kier molecular flexibility index (Phi) is 1.15. The molecule has 0 aliphatic heterocycles. The molecule has 56 valence electrons. The Bertz CT molecular complexity index is 394. The van der Waals surface area contributed by atoms with Crippen molar-refractivity contribution < 1.29 is 8.78 Å². The second-order valence-electron chi connectivity index (χ2n) is 2.19. The van der Waals surface area contributed by atoms with E-state index in [1.54, 1.807) is 0 Å². The summed E-state index contributed by atoms with van der Waals surface area (Å²) in [6, 6.07) is 0.830. The molecule has 2 nitrogen and oxygen atoms in total. The zero-order chi connectivity index (χ0) is 7.84. The van der Waals surface area contributed by atoms with Crippen molar-refractivity contribution >= 4 is 5.52 Å². The summed E-state index contributed by atoms with van der Waals surface area (Å²) in [6.45, 7) is 0. The van der Waals surface area contributed by atoms with Gasteiger partial charge in [-0.05, 0) is 0 Å². The zero-order valence-corrected chi connectivity index (χ0v) is 5.46. The van der Waals surface area contributed by atoms with Crippen LogP contribution < -0.4 is 0 Å². The first kappa shape index (κ1) is 6.27. The van der Waals surface area contributed by atoms with Crippen LogP contribution in [0, 0.1) is 11.6 Å². The molecule has 0 bridgehead atoms. The van der Waals surface area contributed by atoms with Gasteiger partial charge in [0, 0.05) is 12.3 Å². The van der Waals surface area contributed by atoms with Gasteiger partial charge in [-0.1, -0.05) is 0 Å². The summed E-state index contributed by atoms with van der Waals surface area (Å²) < 4.78 is 26.6. The van der Waals surface area contributed by atoms with Gasteiger partial charge in [-0.15, -0.1) is 0 Å². The summed E-state index contributed by atoms with van der Waals surface area (Å²) in [7, 11) is 0. The monoisotopic (exact) mass is 154 g/mol. The number of nitrogens with zero attached hydrogens (tertiary/aromatic N) is 2. The molecule has 0 fully saturated rings. The van der Waals surface area contributed by atoms with Gasteiger partial charge in [-0.2, -0.15) is 0 Å². The Balaban J connectivity index is 2.91. The van der Waals surface area contributed by atoms with Crippen LogP contribution in [0.2, 0.25) is 0 Å². The molecule has 11 heavy (non-hydrogen) atoms. The minimum atomic E-state index is -0.604. The number of halogens is 2. The maximum absolute atomic E-state index is 12.8. The maximum atomic E-state index is 12.8. The first-order chi connectivity index (χ1) is 5.27. The fourth-order valence-corrected chi connectivity index (χ4v) is 0.958. The standard InChI is InChI=1S/C7H4F2N2/c8-5-1-6(9)7-2-10-4-11(7)3-5/h1-4H. The van der Waals surface area contributed by atoms with Gasteiger partial charge in [0.25, 0.3) is 0 Å². The van der Waals surface area contributed by atoms with E-state index in [2.05, 4.69) is 4.98 Å². The van der Waals surface area contributed by atoms with Crippen LogP contribution in [0.1, 0.15) is 0 Å². The number of hydrogen-bond acceptors (Lipinski definition) is 1. The lowest BCUT2D eigenvalue weighted by Gasteiger charge is -1.94. The van der Waals surface area contributed by atoms with Crippen molar-refractivity contribution in [3.8, 4) is 0 Å². The lowest BCUT2D eigenvalue weighted by molar-refractivity contribution is 0.578. The Labute approximate surface area is 61.1 Å². The van der Waals surface area contributed by atoms with Crippen molar-refractivity contribution in [2.45, 2.75) is 0 Å². The molecule has 0 N–H and O–H groups in total. The largest absolute Gasteiger partial charge is 0.301 e. The molecule has 2 heterocycles. The second-order valence-corrected chi connectivity index (χ2v) is 2.19. The summed E-state index contributed by atoms with van der Waals surface area (Å²) in [4.78, 5) is 3.66. The van der Waals surface area contributed by atoms with E-state index in [0.717, 1.165) is 6.07 Å². The van der Waals surface area contributed by atoms with Gasteiger partial charge in [0.15, 0.2) is 5.82 Å². The minimum Gasteiger partial charge on any atom is -0.301 e. The van der Waals surface area contributed by atoms with Crippen molar-refractivity contribution in [1.29, 1.82) is 0 Å². The summed E-state index contributed by atoms with van der Waals surface area (Å²) in [5, 5.41) is 0. The predicted octanol–water partition coefficient (Wildman–Crippen LogP) is 1.61. The van der Waals surface area contributed by atoms with E-state index < -0.39 is 11.6 Å².